The van der Waals surface area contributed by atoms with Gasteiger partial charge in [-0.3, -0.25) is 9.00 Å². The van der Waals surface area contributed by atoms with Crippen LogP contribution in [0.3, 0.4) is 0 Å². The average Bonchev–Trinajstić information content (AvgIpc) is 2.33. The second kappa shape index (κ2) is 4.75. The third-order valence-electron chi connectivity index (χ3n) is 2.74. The summed E-state index contributed by atoms with van der Waals surface area (Å²) in [5.74, 6) is 0.799. The molecule has 0 spiro atoms. The first-order valence-corrected chi connectivity index (χ1v) is 6.79. The first-order chi connectivity index (χ1) is 8.08. The van der Waals surface area contributed by atoms with Crippen LogP contribution in [0.1, 0.15) is 10.4 Å². The van der Waals surface area contributed by atoms with E-state index in [0.717, 1.165) is 0 Å². The normalized spacial score (nSPS) is 17.1. The number of phenolic OH excluding ortho intramolecular Hbond substituents is 1. The highest BCUT2D eigenvalue weighted by molar-refractivity contribution is 7.85. The van der Waals surface area contributed by atoms with Gasteiger partial charge in [0.25, 0.3) is 5.91 Å². The number of nitrogen functional groups attached to an aromatic ring is 1. The van der Waals surface area contributed by atoms with E-state index >= 15 is 0 Å². The van der Waals surface area contributed by atoms with Gasteiger partial charge in [-0.05, 0) is 18.2 Å². The van der Waals surface area contributed by atoms with E-state index in [-0.39, 0.29) is 17.3 Å². The summed E-state index contributed by atoms with van der Waals surface area (Å²) in [5.41, 5.74) is 6.13. The zero-order valence-electron chi connectivity index (χ0n) is 9.26. The SMILES string of the molecule is Nc1ccc(C(=O)N2CCS(=O)CC2)cc1O. The number of anilines is 1. The number of nitrogens with two attached hydrogens (primary N) is 1. The molecular weight excluding hydrogens is 240 g/mol. The lowest BCUT2D eigenvalue weighted by molar-refractivity contribution is 0.0771. The van der Waals surface area contributed by atoms with E-state index in [2.05, 4.69) is 0 Å². The van der Waals surface area contributed by atoms with Crippen LogP contribution in [0.2, 0.25) is 0 Å². The van der Waals surface area contributed by atoms with Crippen LogP contribution in [-0.2, 0) is 10.8 Å². The molecule has 17 heavy (non-hydrogen) atoms. The Bertz CT molecular complexity index is 466. The van der Waals surface area contributed by atoms with Gasteiger partial charge in [-0.2, -0.15) is 0 Å². The van der Waals surface area contributed by atoms with E-state index in [0.29, 0.717) is 30.2 Å². The molecule has 1 aliphatic rings. The summed E-state index contributed by atoms with van der Waals surface area (Å²) in [5, 5.41) is 9.45. The molecule has 1 amide bonds. The minimum atomic E-state index is -0.805. The Kier molecular flexibility index (Phi) is 3.33. The van der Waals surface area contributed by atoms with Gasteiger partial charge < -0.3 is 15.7 Å². The second-order valence-electron chi connectivity index (χ2n) is 3.91. The molecule has 3 N–H and O–H groups in total. The molecule has 0 atom stereocenters. The highest BCUT2D eigenvalue weighted by atomic mass is 32.2. The van der Waals surface area contributed by atoms with Crippen molar-refractivity contribution in [3.8, 4) is 5.75 Å². The van der Waals surface area contributed by atoms with E-state index in [1.54, 1.807) is 11.0 Å². The lowest BCUT2D eigenvalue weighted by Gasteiger charge is -2.26. The van der Waals surface area contributed by atoms with E-state index < -0.39 is 10.8 Å². The van der Waals surface area contributed by atoms with Crippen molar-refractivity contribution >= 4 is 22.4 Å². The Morgan fingerprint density at radius 2 is 2.00 bits per heavy atom. The lowest BCUT2D eigenvalue weighted by atomic mass is 10.1. The van der Waals surface area contributed by atoms with E-state index in [1.165, 1.54) is 12.1 Å². The molecule has 2 rings (SSSR count). The van der Waals surface area contributed by atoms with Gasteiger partial charge in [0, 0.05) is 41.0 Å². The van der Waals surface area contributed by atoms with Gasteiger partial charge in [0.1, 0.15) is 5.75 Å². The average molecular weight is 254 g/mol. The molecule has 1 aromatic carbocycles. The molecule has 1 saturated heterocycles. The topological polar surface area (TPSA) is 83.6 Å². The number of benzene rings is 1. The monoisotopic (exact) mass is 254 g/mol. The van der Waals surface area contributed by atoms with Crippen LogP contribution in [-0.4, -0.2) is 44.7 Å². The van der Waals surface area contributed by atoms with Gasteiger partial charge in [0.05, 0.1) is 5.69 Å². The third kappa shape index (κ3) is 2.58. The zero-order chi connectivity index (χ0) is 12.4. The van der Waals surface area contributed by atoms with Crippen molar-refractivity contribution in [2.24, 2.45) is 0 Å². The minimum Gasteiger partial charge on any atom is -0.506 e. The van der Waals surface area contributed by atoms with Crippen molar-refractivity contribution in [2.45, 2.75) is 0 Å². The smallest absolute Gasteiger partial charge is 0.254 e. The van der Waals surface area contributed by atoms with Gasteiger partial charge in [-0.15, -0.1) is 0 Å². The van der Waals surface area contributed by atoms with Gasteiger partial charge >= 0.3 is 0 Å². The van der Waals surface area contributed by atoms with Crippen LogP contribution in [0.4, 0.5) is 5.69 Å². The molecule has 0 bridgehead atoms. The van der Waals surface area contributed by atoms with Gasteiger partial charge in [0.2, 0.25) is 0 Å². The summed E-state index contributed by atoms with van der Waals surface area (Å²) in [4.78, 5) is 13.7. The summed E-state index contributed by atoms with van der Waals surface area (Å²) in [6.45, 7) is 0.993. The van der Waals surface area contributed by atoms with Gasteiger partial charge in [-0.1, -0.05) is 0 Å². The molecule has 6 heteroatoms. The number of rotatable bonds is 1. The number of carbonyl (C=O) groups is 1. The van der Waals surface area contributed by atoms with Crippen molar-refractivity contribution in [3.05, 3.63) is 23.8 Å². The fourth-order valence-electron chi connectivity index (χ4n) is 1.70. The van der Waals surface area contributed by atoms with Crippen LogP contribution in [0, 0.1) is 0 Å². The van der Waals surface area contributed by atoms with Gasteiger partial charge in [0.15, 0.2) is 0 Å². The van der Waals surface area contributed by atoms with Gasteiger partial charge in [-0.25, -0.2) is 0 Å². The zero-order valence-corrected chi connectivity index (χ0v) is 10.1. The van der Waals surface area contributed by atoms with Crippen LogP contribution in [0.25, 0.3) is 0 Å². The molecule has 1 heterocycles. The summed E-state index contributed by atoms with van der Waals surface area (Å²) in [7, 11) is -0.805. The molecule has 1 aliphatic heterocycles. The Balaban J connectivity index is 2.14. The molecule has 0 radical (unpaired) electrons. The maximum Gasteiger partial charge on any atom is 0.254 e. The van der Waals surface area contributed by atoms with Crippen molar-refractivity contribution < 1.29 is 14.1 Å². The molecule has 5 nitrogen and oxygen atoms in total. The number of phenols is 1. The summed E-state index contributed by atoms with van der Waals surface area (Å²) in [6, 6.07) is 4.46. The fraction of sp³-hybridized carbons (Fsp3) is 0.364. The standard InChI is InChI=1S/C11H14N2O3S/c12-9-2-1-8(7-10(9)14)11(15)13-3-5-17(16)6-4-13/h1-2,7,14H,3-6,12H2. The van der Waals surface area contributed by atoms with E-state index in [1.807, 2.05) is 0 Å². The summed E-state index contributed by atoms with van der Waals surface area (Å²) >= 11 is 0. The molecule has 0 saturated carbocycles. The fourth-order valence-corrected chi connectivity index (χ4v) is 2.75. The Morgan fingerprint density at radius 1 is 1.35 bits per heavy atom. The molecule has 0 aliphatic carbocycles. The van der Waals surface area contributed by atoms with Crippen molar-refractivity contribution in [2.75, 3.05) is 30.3 Å². The first-order valence-electron chi connectivity index (χ1n) is 5.30. The quantitative estimate of drug-likeness (QED) is 0.553. The molecule has 1 fully saturated rings. The van der Waals surface area contributed by atoms with Crippen molar-refractivity contribution in [1.29, 1.82) is 0 Å². The maximum absolute atomic E-state index is 12.0. The first kappa shape index (κ1) is 11.9. The molecule has 92 valence electrons. The van der Waals surface area contributed by atoms with Crippen molar-refractivity contribution in [3.63, 3.8) is 0 Å². The maximum atomic E-state index is 12.0. The van der Waals surface area contributed by atoms with E-state index in [4.69, 9.17) is 5.73 Å². The predicted molar refractivity (Wildman–Crippen MR) is 66.3 cm³/mol. The molecule has 0 aromatic heterocycles. The molecule has 0 unspecified atom stereocenters. The number of amides is 1. The van der Waals surface area contributed by atoms with Crippen LogP contribution < -0.4 is 5.73 Å². The number of hydrogen-bond donors (Lipinski definition) is 2. The number of aromatic hydroxyl groups is 1. The van der Waals surface area contributed by atoms with Crippen LogP contribution in [0.5, 0.6) is 5.75 Å². The summed E-state index contributed by atoms with van der Waals surface area (Å²) in [6.07, 6.45) is 0. The number of nitrogens with zero attached hydrogens (tertiary/aromatic N) is 1. The summed E-state index contributed by atoms with van der Waals surface area (Å²) < 4.78 is 11.2. The Hall–Kier alpha value is -1.56. The van der Waals surface area contributed by atoms with Crippen LogP contribution >= 0.6 is 0 Å². The molecular formula is C11H14N2O3S. The molecule has 1 aromatic rings. The van der Waals surface area contributed by atoms with Crippen molar-refractivity contribution in [1.82, 2.24) is 4.90 Å². The highest BCUT2D eigenvalue weighted by Crippen LogP contribution is 2.21. The third-order valence-corrected chi connectivity index (χ3v) is 4.02. The predicted octanol–water partition coefficient (Wildman–Crippen LogP) is 0.179. The number of carbonyl (C=O) groups excluding carboxylic acids is 1. The largest absolute Gasteiger partial charge is 0.506 e. The minimum absolute atomic E-state index is 0.0866. The second-order valence-corrected chi connectivity index (χ2v) is 5.61. The van der Waals surface area contributed by atoms with Crippen LogP contribution in [0.15, 0.2) is 18.2 Å². The Morgan fingerprint density at radius 3 is 2.59 bits per heavy atom. The number of hydrogen-bond acceptors (Lipinski definition) is 4. The highest BCUT2D eigenvalue weighted by Gasteiger charge is 2.21. The Labute approximate surface area is 102 Å². The lowest BCUT2D eigenvalue weighted by Crippen LogP contribution is -2.41. The van der Waals surface area contributed by atoms with E-state index in [9.17, 15) is 14.1 Å².